The van der Waals surface area contributed by atoms with Crippen LogP contribution in [0.1, 0.15) is 68.3 Å². The van der Waals surface area contributed by atoms with Crippen molar-refractivity contribution >= 4 is 51.5 Å². The van der Waals surface area contributed by atoms with Crippen molar-refractivity contribution < 1.29 is 19.2 Å². The monoisotopic (exact) mass is 554 g/mol. The van der Waals surface area contributed by atoms with Crippen LogP contribution in [-0.4, -0.2) is 64.5 Å². The van der Waals surface area contributed by atoms with Gasteiger partial charge in [0.05, 0.1) is 23.6 Å². The van der Waals surface area contributed by atoms with Crippen LogP contribution in [0.25, 0.3) is 10.8 Å². The lowest BCUT2D eigenvalue weighted by molar-refractivity contribution is -0.137. The van der Waals surface area contributed by atoms with Gasteiger partial charge >= 0.3 is 0 Å². The molecular weight excluding hydrogens is 520 g/mol. The Hall–Kier alpha value is -4.21. The van der Waals surface area contributed by atoms with Crippen LogP contribution in [0, 0.1) is 5.41 Å². The number of rotatable bonds is 6. The van der Waals surface area contributed by atoms with E-state index in [1.807, 2.05) is 58.2 Å². The average molecular weight is 555 g/mol. The predicted molar refractivity (Wildman–Crippen MR) is 154 cm³/mol. The highest BCUT2D eigenvalue weighted by molar-refractivity contribution is 6.28. The fraction of sp³-hybridized carbons (Fsp3) is 0.452. The van der Waals surface area contributed by atoms with Gasteiger partial charge in [0.2, 0.25) is 17.7 Å². The molecule has 0 spiro atoms. The molecule has 7 rings (SSSR count). The van der Waals surface area contributed by atoms with Crippen molar-refractivity contribution in [3.05, 3.63) is 48.3 Å². The molecule has 1 aromatic heterocycles. The lowest BCUT2D eigenvalue weighted by atomic mass is 9.70. The maximum absolute atomic E-state index is 13.5. The van der Waals surface area contributed by atoms with Gasteiger partial charge in [0.25, 0.3) is 5.91 Å². The van der Waals surface area contributed by atoms with Crippen LogP contribution < -0.4 is 15.1 Å². The van der Waals surface area contributed by atoms with Crippen molar-refractivity contribution in [2.24, 2.45) is 5.41 Å². The van der Waals surface area contributed by atoms with Gasteiger partial charge < -0.3 is 9.80 Å². The Morgan fingerprint density at radius 1 is 1.10 bits per heavy atom. The van der Waals surface area contributed by atoms with E-state index in [0.717, 1.165) is 41.7 Å². The molecule has 4 aliphatic rings. The summed E-state index contributed by atoms with van der Waals surface area (Å²) in [5, 5.41) is 8.72. The number of benzene rings is 2. The molecule has 4 amide bonds. The molecule has 2 unspecified atom stereocenters. The van der Waals surface area contributed by atoms with Crippen LogP contribution in [0.5, 0.6) is 0 Å². The number of hydrogen-bond donors (Lipinski definition) is 1. The second-order valence-electron chi connectivity index (χ2n) is 12.3. The minimum Gasteiger partial charge on any atom is -0.342 e. The van der Waals surface area contributed by atoms with E-state index in [4.69, 9.17) is 0 Å². The van der Waals surface area contributed by atoms with Crippen molar-refractivity contribution in [2.45, 2.75) is 64.0 Å². The minimum atomic E-state index is -0.719. The van der Waals surface area contributed by atoms with Crippen LogP contribution >= 0.6 is 0 Å². The first-order valence-corrected chi connectivity index (χ1v) is 14.5. The van der Waals surface area contributed by atoms with Crippen molar-refractivity contribution in [3.8, 4) is 0 Å². The molecule has 2 saturated heterocycles. The van der Waals surface area contributed by atoms with Crippen molar-refractivity contribution in [1.82, 2.24) is 20.0 Å². The molecule has 0 radical (unpaired) electrons. The van der Waals surface area contributed by atoms with E-state index in [2.05, 4.69) is 17.3 Å². The summed E-state index contributed by atoms with van der Waals surface area (Å²) in [5.41, 5.74) is 3.31. The van der Waals surface area contributed by atoms with Gasteiger partial charge in [0.15, 0.2) is 0 Å². The summed E-state index contributed by atoms with van der Waals surface area (Å²) in [5.74, 6) is -0.769. The third-order valence-electron chi connectivity index (χ3n) is 9.57. The molecule has 2 atom stereocenters. The van der Waals surface area contributed by atoms with Gasteiger partial charge in [0, 0.05) is 61.2 Å². The van der Waals surface area contributed by atoms with Gasteiger partial charge in [-0.15, -0.1) is 0 Å². The number of nitrogens with one attached hydrogen (secondary N) is 1. The lowest BCUT2D eigenvalue weighted by Crippen LogP contribution is -2.53. The van der Waals surface area contributed by atoms with Crippen LogP contribution in [0.15, 0.2) is 42.7 Å². The van der Waals surface area contributed by atoms with Gasteiger partial charge in [-0.05, 0) is 49.3 Å². The summed E-state index contributed by atoms with van der Waals surface area (Å²) >= 11 is 0. The molecule has 0 bridgehead atoms. The number of carbonyl (C=O) groups is 4. The Bertz CT molecular complexity index is 1610. The zero-order valence-electron chi connectivity index (χ0n) is 23.4. The third kappa shape index (κ3) is 4.19. The predicted octanol–water partition coefficient (Wildman–Crippen LogP) is 3.92. The van der Waals surface area contributed by atoms with Crippen LogP contribution in [0.3, 0.4) is 0 Å². The Labute approximate surface area is 238 Å². The zero-order valence-corrected chi connectivity index (χ0v) is 23.4. The first-order valence-electron chi connectivity index (χ1n) is 14.5. The summed E-state index contributed by atoms with van der Waals surface area (Å²) in [6.45, 7) is 3.91. The van der Waals surface area contributed by atoms with Crippen molar-refractivity contribution in [1.29, 1.82) is 0 Å². The summed E-state index contributed by atoms with van der Waals surface area (Å²) in [6.07, 6.45) is 9.32. The lowest BCUT2D eigenvalue weighted by Gasteiger charge is -2.44. The summed E-state index contributed by atoms with van der Waals surface area (Å²) in [7, 11) is 1.97. The van der Waals surface area contributed by atoms with Crippen molar-refractivity contribution in [3.63, 3.8) is 0 Å². The first-order chi connectivity index (χ1) is 19.7. The first kappa shape index (κ1) is 25.7. The molecule has 3 aliphatic heterocycles. The molecule has 10 heteroatoms. The Morgan fingerprint density at radius 2 is 1.93 bits per heavy atom. The van der Waals surface area contributed by atoms with Gasteiger partial charge in [0.1, 0.15) is 6.04 Å². The number of hydrogen-bond acceptors (Lipinski definition) is 6. The SMILES string of the molecule is CN(c1cnn(C2CCN(CC3(C)CCC3)C(=O)C2)c1)c1ccc2c3c(cccc13)C(=O)N2C1CCC(=O)NC1=O. The quantitative estimate of drug-likeness (QED) is 0.463. The largest absolute Gasteiger partial charge is 0.342 e. The number of nitrogens with zero attached hydrogens (tertiary/aromatic N) is 5. The summed E-state index contributed by atoms with van der Waals surface area (Å²) in [6, 6.07) is 8.78. The van der Waals surface area contributed by atoms with Gasteiger partial charge in [-0.25, -0.2) is 0 Å². The molecule has 3 fully saturated rings. The number of amides is 4. The summed E-state index contributed by atoms with van der Waals surface area (Å²) in [4.78, 5) is 56.4. The highest BCUT2D eigenvalue weighted by Crippen LogP contribution is 2.45. The Balaban J connectivity index is 1.13. The van der Waals surface area contributed by atoms with E-state index in [1.54, 1.807) is 6.07 Å². The van der Waals surface area contributed by atoms with E-state index >= 15 is 0 Å². The molecule has 4 heterocycles. The minimum absolute atomic E-state index is 0.0302. The summed E-state index contributed by atoms with van der Waals surface area (Å²) < 4.78 is 1.92. The normalized spacial score (nSPS) is 23.7. The van der Waals surface area contributed by atoms with Crippen LogP contribution in [0.4, 0.5) is 17.1 Å². The third-order valence-corrected chi connectivity index (χ3v) is 9.57. The molecule has 1 aliphatic carbocycles. The highest BCUT2D eigenvalue weighted by atomic mass is 16.2. The average Bonchev–Trinajstić information content (AvgIpc) is 3.54. The number of piperidine rings is 2. The standard InChI is InChI=1S/C31H34N6O4/c1-31(12-4-13-31)18-35-14-11-19(15-27(35)39)36-17-20(16-32-36)34(2)23-7-8-24-28-21(23)5-3-6-22(28)30(41)37(24)25-9-10-26(38)33-29(25)40/h3,5-8,16-17,19,25H,4,9-15,18H2,1-2H3,(H,33,38,40). The zero-order chi connectivity index (χ0) is 28.5. The van der Waals surface area contributed by atoms with Gasteiger partial charge in [-0.2, -0.15) is 5.10 Å². The maximum Gasteiger partial charge on any atom is 0.259 e. The molecule has 1 N–H and O–H groups in total. The van der Waals surface area contributed by atoms with E-state index in [0.29, 0.717) is 24.1 Å². The van der Waals surface area contributed by atoms with Gasteiger partial charge in [-0.1, -0.05) is 25.5 Å². The molecule has 212 valence electrons. The molecule has 3 aromatic rings. The van der Waals surface area contributed by atoms with E-state index in [1.165, 1.54) is 24.2 Å². The number of anilines is 3. The smallest absolute Gasteiger partial charge is 0.259 e. The van der Waals surface area contributed by atoms with Crippen LogP contribution in [0.2, 0.25) is 0 Å². The molecule has 41 heavy (non-hydrogen) atoms. The van der Waals surface area contributed by atoms with E-state index < -0.39 is 11.9 Å². The second-order valence-corrected chi connectivity index (χ2v) is 12.3. The molecule has 1 saturated carbocycles. The number of carbonyl (C=O) groups excluding carboxylic acids is 4. The van der Waals surface area contributed by atoms with E-state index in [9.17, 15) is 19.2 Å². The van der Waals surface area contributed by atoms with Crippen LogP contribution in [-0.2, 0) is 14.4 Å². The molecule has 10 nitrogen and oxygen atoms in total. The number of likely N-dealkylation sites (tertiary alicyclic amines) is 1. The maximum atomic E-state index is 13.5. The number of aromatic nitrogens is 2. The molecule has 2 aromatic carbocycles. The van der Waals surface area contributed by atoms with Crippen molar-refractivity contribution in [2.75, 3.05) is 29.9 Å². The van der Waals surface area contributed by atoms with Gasteiger partial charge in [-0.3, -0.25) is 34.1 Å². The fourth-order valence-electron chi connectivity index (χ4n) is 7.02. The fourth-order valence-corrected chi connectivity index (χ4v) is 7.02. The molecular formula is C31H34N6O4. The van der Waals surface area contributed by atoms with E-state index in [-0.39, 0.29) is 35.6 Å². The topological polar surface area (TPSA) is 108 Å². The number of imide groups is 1. The Morgan fingerprint density at radius 3 is 2.66 bits per heavy atom. The Kier molecular flexibility index (Phi) is 5.92. The second kappa shape index (κ2) is 9.43. The highest BCUT2D eigenvalue weighted by Gasteiger charge is 2.41.